The smallest absolute Gasteiger partial charge is 0.128 e. The van der Waals surface area contributed by atoms with Crippen LogP contribution >= 0.6 is 0 Å². The van der Waals surface area contributed by atoms with Gasteiger partial charge in [-0.1, -0.05) is 17.7 Å². The minimum atomic E-state index is -0.453. The Morgan fingerprint density at radius 1 is 1.06 bits per heavy atom. The van der Waals surface area contributed by atoms with Gasteiger partial charge in [0.1, 0.15) is 5.82 Å². The van der Waals surface area contributed by atoms with Gasteiger partial charge in [-0.15, -0.1) is 0 Å². The Balaban J connectivity index is 2.47. The van der Waals surface area contributed by atoms with Crippen LogP contribution in [0.3, 0.4) is 0 Å². The zero-order valence-corrected chi connectivity index (χ0v) is 10.9. The first-order valence-electron chi connectivity index (χ1n) is 5.94. The molecule has 0 bridgehead atoms. The summed E-state index contributed by atoms with van der Waals surface area (Å²) < 4.78 is 13.8. The third-order valence-corrected chi connectivity index (χ3v) is 2.95. The summed E-state index contributed by atoms with van der Waals surface area (Å²) in [5.41, 5.74) is 10.4. The molecule has 2 rings (SSSR count). The van der Waals surface area contributed by atoms with Gasteiger partial charge in [-0.25, -0.2) is 4.39 Å². The summed E-state index contributed by atoms with van der Waals surface area (Å²) >= 11 is 0. The van der Waals surface area contributed by atoms with Crippen LogP contribution in [0.2, 0.25) is 0 Å². The van der Waals surface area contributed by atoms with E-state index in [0.29, 0.717) is 5.56 Å². The van der Waals surface area contributed by atoms with Crippen molar-refractivity contribution < 1.29 is 4.39 Å². The highest BCUT2D eigenvalue weighted by Crippen LogP contribution is 2.24. The number of hydrogen-bond donors (Lipinski definition) is 1. The van der Waals surface area contributed by atoms with Crippen LogP contribution in [-0.2, 0) is 0 Å². The fourth-order valence-electron chi connectivity index (χ4n) is 2.13. The Kier molecular flexibility index (Phi) is 3.43. The summed E-state index contributed by atoms with van der Waals surface area (Å²) in [4.78, 5) is 4.30. The molecular formula is C15H17FN2. The van der Waals surface area contributed by atoms with Gasteiger partial charge in [0.25, 0.3) is 0 Å². The molecule has 1 aromatic heterocycles. The molecule has 0 spiro atoms. The first-order valence-corrected chi connectivity index (χ1v) is 5.94. The molecule has 3 heteroatoms. The summed E-state index contributed by atoms with van der Waals surface area (Å²) in [5, 5.41) is 0. The number of pyridine rings is 1. The van der Waals surface area contributed by atoms with Gasteiger partial charge >= 0.3 is 0 Å². The van der Waals surface area contributed by atoms with Crippen LogP contribution in [0.25, 0.3) is 0 Å². The topological polar surface area (TPSA) is 38.9 Å². The number of hydrogen-bond acceptors (Lipinski definition) is 2. The second kappa shape index (κ2) is 4.86. The van der Waals surface area contributed by atoms with Crippen LogP contribution in [0.5, 0.6) is 0 Å². The molecule has 0 amide bonds. The SMILES string of the molecule is Cc1ccc(F)c(C(N)c2cc(C)nc(C)c2)c1. The highest BCUT2D eigenvalue weighted by atomic mass is 19.1. The summed E-state index contributed by atoms with van der Waals surface area (Å²) in [6.07, 6.45) is 0. The first-order chi connectivity index (χ1) is 8.47. The fourth-order valence-corrected chi connectivity index (χ4v) is 2.13. The molecule has 2 nitrogen and oxygen atoms in total. The third-order valence-electron chi connectivity index (χ3n) is 2.95. The zero-order valence-electron chi connectivity index (χ0n) is 10.9. The van der Waals surface area contributed by atoms with Crippen molar-refractivity contribution in [2.24, 2.45) is 5.73 Å². The third kappa shape index (κ3) is 2.57. The van der Waals surface area contributed by atoms with Crippen LogP contribution in [0.4, 0.5) is 4.39 Å². The number of nitrogens with zero attached hydrogens (tertiary/aromatic N) is 1. The van der Waals surface area contributed by atoms with Gasteiger partial charge in [-0.05, 0) is 44.5 Å². The van der Waals surface area contributed by atoms with E-state index in [1.54, 1.807) is 12.1 Å². The van der Waals surface area contributed by atoms with E-state index in [0.717, 1.165) is 22.5 Å². The van der Waals surface area contributed by atoms with Gasteiger partial charge in [0, 0.05) is 17.0 Å². The fraction of sp³-hybridized carbons (Fsp3) is 0.267. The van der Waals surface area contributed by atoms with Crippen LogP contribution in [0.1, 0.15) is 34.1 Å². The van der Waals surface area contributed by atoms with E-state index >= 15 is 0 Å². The molecule has 0 fully saturated rings. The van der Waals surface area contributed by atoms with Crippen molar-refractivity contribution >= 4 is 0 Å². The van der Waals surface area contributed by atoms with Crippen LogP contribution in [0.15, 0.2) is 30.3 Å². The maximum absolute atomic E-state index is 13.8. The molecule has 1 heterocycles. The lowest BCUT2D eigenvalue weighted by Gasteiger charge is -2.15. The Morgan fingerprint density at radius 3 is 2.28 bits per heavy atom. The average molecular weight is 244 g/mol. The molecule has 1 aromatic carbocycles. The second-order valence-corrected chi connectivity index (χ2v) is 4.69. The Bertz CT molecular complexity index is 558. The quantitative estimate of drug-likeness (QED) is 0.881. The lowest BCUT2D eigenvalue weighted by molar-refractivity contribution is 0.599. The summed E-state index contributed by atoms with van der Waals surface area (Å²) in [6.45, 7) is 5.75. The number of aryl methyl sites for hydroxylation is 3. The van der Waals surface area contributed by atoms with E-state index in [2.05, 4.69) is 4.98 Å². The van der Waals surface area contributed by atoms with E-state index in [1.165, 1.54) is 6.07 Å². The van der Waals surface area contributed by atoms with Crippen molar-refractivity contribution in [2.45, 2.75) is 26.8 Å². The largest absolute Gasteiger partial charge is 0.320 e. The first kappa shape index (κ1) is 12.7. The molecule has 2 aromatic rings. The number of benzene rings is 1. The van der Waals surface area contributed by atoms with Crippen molar-refractivity contribution in [3.63, 3.8) is 0 Å². The Morgan fingerprint density at radius 2 is 1.67 bits per heavy atom. The molecule has 0 saturated carbocycles. The second-order valence-electron chi connectivity index (χ2n) is 4.69. The maximum atomic E-state index is 13.8. The zero-order chi connectivity index (χ0) is 13.3. The number of halogens is 1. The van der Waals surface area contributed by atoms with Crippen molar-refractivity contribution in [2.75, 3.05) is 0 Å². The van der Waals surface area contributed by atoms with Gasteiger partial charge in [-0.2, -0.15) is 0 Å². The van der Waals surface area contributed by atoms with Crippen molar-refractivity contribution in [1.29, 1.82) is 0 Å². The predicted octanol–water partition coefficient (Wildman–Crippen LogP) is 3.19. The van der Waals surface area contributed by atoms with Crippen LogP contribution < -0.4 is 5.73 Å². The van der Waals surface area contributed by atoms with E-state index in [-0.39, 0.29) is 5.82 Å². The van der Waals surface area contributed by atoms with Gasteiger partial charge < -0.3 is 5.73 Å². The highest BCUT2D eigenvalue weighted by molar-refractivity contribution is 5.35. The van der Waals surface area contributed by atoms with E-state index in [4.69, 9.17) is 5.73 Å². The van der Waals surface area contributed by atoms with Crippen molar-refractivity contribution in [3.8, 4) is 0 Å². The van der Waals surface area contributed by atoms with Crippen molar-refractivity contribution in [3.05, 3.63) is 64.2 Å². The average Bonchev–Trinajstić information content (AvgIpc) is 2.30. The van der Waals surface area contributed by atoms with Gasteiger partial charge in [0.2, 0.25) is 0 Å². The van der Waals surface area contributed by atoms with E-state index in [1.807, 2.05) is 32.9 Å². The molecule has 94 valence electrons. The molecule has 0 saturated heterocycles. The summed E-state index contributed by atoms with van der Waals surface area (Å²) in [7, 11) is 0. The lowest BCUT2D eigenvalue weighted by atomic mass is 9.97. The highest BCUT2D eigenvalue weighted by Gasteiger charge is 2.14. The minimum Gasteiger partial charge on any atom is -0.320 e. The summed E-state index contributed by atoms with van der Waals surface area (Å²) in [6, 6.07) is 8.36. The Labute approximate surface area is 107 Å². The van der Waals surface area contributed by atoms with Crippen molar-refractivity contribution in [1.82, 2.24) is 4.98 Å². The van der Waals surface area contributed by atoms with Gasteiger partial charge in [0.05, 0.1) is 6.04 Å². The molecule has 1 unspecified atom stereocenters. The molecule has 1 atom stereocenters. The molecule has 0 aliphatic heterocycles. The van der Waals surface area contributed by atoms with Gasteiger partial charge in [0.15, 0.2) is 0 Å². The number of aromatic nitrogens is 1. The van der Waals surface area contributed by atoms with Gasteiger partial charge in [-0.3, -0.25) is 4.98 Å². The Hall–Kier alpha value is -1.74. The summed E-state index contributed by atoms with van der Waals surface area (Å²) in [5.74, 6) is -0.264. The van der Waals surface area contributed by atoms with Crippen LogP contribution in [-0.4, -0.2) is 4.98 Å². The maximum Gasteiger partial charge on any atom is 0.128 e. The minimum absolute atomic E-state index is 0.264. The predicted molar refractivity (Wildman–Crippen MR) is 70.9 cm³/mol. The normalized spacial score (nSPS) is 12.5. The standard InChI is InChI=1S/C15H17FN2/c1-9-4-5-14(16)13(6-9)15(17)12-7-10(2)18-11(3)8-12/h4-8,15H,17H2,1-3H3. The molecule has 0 radical (unpaired) electrons. The lowest BCUT2D eigenvalue weighted by Crippen LogP contribution is -2.14. The molecule has 2 N–H and O–H groups in total. The molecule has 18 heavy (non-hydrogen) atoms. The van der Waals surface area contributed by atoms with E-state index in [9.17, 15) is 4.39 Å². The molecule has 0 aliphatic carbocycles. The molecular weight excluding hydrogens is 227 g/mol. The monoisotopic (exact) mass is 244 g/mol. The van der Waals surface area contributed by atoms with Crippen LogP contribution in [0, 0.1) is 26.6 Å². The number of nitrogens with two attached hydrogens (primary N) is 1. The molecule has 0 aliphatic rings. The van der Waals surface area contributed by atoms with E-state index < -0.39 is 6.04 Å². The number of rotatable bonds is 2.